The second-order valence-corrected chi connectivity index (χ2v) is 6.98. The van der Waals surface area contributed by atoms with Crippen molar-refractivity contribution >= 4 is 42.2 Å². The Balaban J connectivity index is 0.00000131. The molecule has 0 saturated carbocycles. The summed E-state index contributed by atoms with van der Waals surface area (Å²) in [6.07, 6.45) is 5.17. The van der Waals surface area contributed by atoms with Crippen molar-refractivity contribution in [2.75, 3.05) is 25.0 Å². The van der Waals surface area contributed by atoms with E-state index in [0.717, 1.165) is 31.0 Å². The molecule has 2 fully saturated rings. The molecule has 0 spiro atoms. The van der Waals surface area contributed by atoms with Crippen molar-refractivity contribution in [3.05, 3.63) is 54.2 Å². The molecule has 1 N–H and O–H groups in total. The topological polar surface area (TPSA) is 48.5 Å². The van der Waals surface area contributed by atoms with Gasteiger partial charge in [-0.3, -0.25) is 4.79 Å². The zero-order chi connectivity index (χ0) is 17.2. The van der Waals surface area contributed by atoms with E-state index in [1.807, 2.05) is 59.3 Å². The second kappa shape index (κ2) is 9.40. The first-order chi connectivity index (χ1) is 12.2. The molecule has 4 rings (SSSR count). The van der Waals surface area contributed by atoms with Crippen LogP contribution in [0.5, 0.6) is 0 Å². The lowest BCUT2D eigenvalue weighted by atomic mass is 10.1. The van der Waals surface area contributed by atoms with Gasteiger partial charge in [-0.15, -0.1) is 24.8 Å². The van der Waals surface area contributed by atoms with Crippen molar-refractivity contribution in [2.24, 2.45) is 0 Å². The zero-order valence-corrected chi connectivity index (χ0v) is 17.0. The molecule has 1 aromatic heterocycles. The number of likely N-dealkylation sites (tertiary alicyclic amines) is 1. The molecule has 2 atom stereocenters. The Hall–Kier alpha value is -1.82. The number of carbonyl (C=O) groups excluding carboxylic acids is 1. The van der Waals surface area contributed by atoms with E-state index in [1.165, 1.54) is 12.8 Å². The second-order valence-electron chi connectivity index (χ2n) is 6.98. The number of hydrogen-bond acceptors (Lipinski definition) is 4. The molecule has 2 aromatic rings. The van der Waals surface area contributed by atoms with Gasteiger partial charge < -0.3 is 15.1 Å². The minimum atomic E-state index is 0. The first-order valence-corrected chi connectivity index (χ1v) is 9.01. The lowest BCUT2D eigenvalue weighted by molar-refractivity contribution is 0.0748. The van der Waals surface area contributed by atoms with Crippen LogP contribution >= 0.6 is 24.8 Å². The van der Waals surface area contributed by atoms with Crippen molar-refractivity contribution in [1.82, 2.24) is 15.2 Å². The van der Waals surface area contributed by atoms with Gasteiger partial charge in [0.05, 0.1) is 5.56 Å². The van der Waals surface area contributed by atoms with Gasteiger partial charge in [-0.25, -0.2) is 4.98 Å². The number of anilines is 2. The van der Waals surface area contributed by atoms with Crippen LogP contribution in [0.25, 0.3) is 0 Å². The minimum absolute atomic E-state index is 0. The zero-order valence-electron chi connectivity index (χ0n) is 15.4. The number of amides is 1. The highest BCUT2D eigenvalue weighted by Gasteiger charge is 2.31. The monoisotopic (exact) mass is 408 g/mol. The Kier molecular flexibility index (Phi) is 7.48. The molecule has 5 nitrogen and oxygen atoms in total. The maximum absolute atomic E-state index is 12.8. The Morgan fingerprint density at radius 1 is 1.07 bits per heavy atom. The van der Waals surface area contributed by atoms with Gasteiger partial charge in [0.1, 0.15) is 5.82 Å². The number of carbonyl (C=O) groups is 1. The fourth-order valence-corrected chi connectivity index (χ4v) is 3.80. The maximum Gasteiger partial charge on any atom is 0.255 e. The summed E-state index contributed by atoms with van der Waals surface area (Å²) in [5, 5.41) is 3.62. The van der Waals surface area contributed by atoms with Crippen LogP contribution < -0.4 is 10.2 Å². The van der Waals surface area contributed by atoms with Gasteiger partial charge in [0.25, 0.3) is 5.91 Å². The molecule has 3 heterocycles. The van der Waals surface area contributed by atoms with Crippen molar-refractivity contribution < 1.29 is 4.79 Å². The number of rotatable bonds is 3. The van der Waals surface area contributed by atoms with Gasteiger partial charge >= 0.3 is 0 Å². The van der Waals surface area contributed by atoms with Crippen LogP contribution in [0.15, 0.2) is 48.7 Å². The first kappa shape index (κ1) is 21.5. The summed E-state index contributed by atoms with van der Waals surface area (Å²) in [7, 11) is 1.98. The van der Waals surface area contributed by atoms with Gasteiger partial charge in [-0.1, -0.05) is 18.2 Å². The fourth-order valence-electron chi connectivity index (χ4n) is 3.80. The quantitative estimate of drug-likeness (QED) is 0.841. The molecule has 1 amide bonds. The molecule has 2 aliphatic heterocycles. The molecule has 1 aromatic carbocycles. The summed E-state index contributed by atoms with van der Waals surface area (Å²) in [6.45, 7) is 1.64. The number of nitrogens with zero attached hydrogens (tertiary/aromatic N) is 3. The van der Waals surface area contributed by atoms with Crippen LogP contribution in [0.4, 0.5) is 11.5 Å². The van der Waals surface area contributed by atoms with Crippen LogP contribution in [-0.4, -0.2) is 48.0 Å². The van der Waals surface area contributed by atoms with Crippen LogP contribution in [0.1, 0.15) is 29.6 Å². The predicted molar refractivity (Wildman–Crippen MR) is 114 cm³/mol. The van der Waals surface area contributed by atoms with Crippen LogP contribution in [0.2, 0.25) is 0 Å². The van der Waals surface area contributed by atoms with Crippen molar-refractivity contribution in [1.29, 1.82) is 0 Å². The average molecular weight is 409 g/mol. The van der Waals surface area contributed by atoms with Gasteiger partial charge in [0.2, 0.25) is 0 Å². The lowest BCUT2D eigenvalue weighted by Gasteiger charge is -2.24. The summed E-state index contributed by atoms with van der Waals surface area (Å²) < 4.78 is 0. The summed E-state index contributed by atoms with van der Waals surface area (Å²) in [5.74, 6) is 0.926. The van der Waals surface area contributed by atoms with E-state index in [0.29, 0.717) is 17.6 Å². The van der Waals surface area contributed by atoms with Gasteiger partial charge in [0.15, 0.2) is 0 Å². The number of aromatic nitrogens is 1. The lowest BCUT2D eigenvalue weighted by Crippen LogP contribution is -2.39. The Bertz CT molecular complexity index is 741. The molecule has 0 aliphatic carbocycles. The summed E-state index contributed by atoms with van der Waals surface area (Å²) in [6, 6.07) is 14.9. The normalized spacial score (nSPS) is 20.9. The number of hydrogen-bond donors (Lipinski definition) is 1. The Morgan fingerprint density at radius 2 is 1.81 bits per heavy atom. The first-order valence-electron chi connectivity index (χ1n) is 9.01. The van der Waals surface area contributed by atoms with Crippen molar-refractivity contribution in [3.63, 3.8) is 0 Å². The Labute approximate surface area is 173 Å². The molecular weight excluding hydrogens is 383 g/mol. The van der Waals surface area contributed by atoms with Crippen LogP contribution in [0, 0.1) is 0 Å². The SMILES string of the molecule is CN(c1ccccc1)c1ccc(C(=O)N2CCC3CCC(C2)N3)cn1.Cl.Cl. The van der Waals surface area contributed by atoms with E-state index >= 15 is 0 Å². The van der Waals surface area contributed by atoms with Gasteiger partial charge in [0, 0.05) is 44.1 Å². The molecule has 2 unspecified atom stereocenters. The minimum Gasteiger partial charge on any atom is -0.337 e. The maximum atomic E-state index is 12.8. The largest absolute Gasteiger partial charge is 0.337 e. The fraction of sp³-hybridized carbons (Fsp3) is 0.400. The third kappa shape index (κ3) is 4.72. The van der Waals surface area contributed by atoms with Crippen molar-refractivity contribution in [3.8, 4) is 0 Å². The van der Waals surface area contributed by atoms with E-state index in [1.54, 1.807) is 6.20 Å². The molecule has 27 heavy (non-hydrogen) atoms. The van der Waals surface area contributed by atoms with E-state index < -0.39 is 0 Å². The number of halogens is 2. The van der Waals surface area contributed by atoms with E-state index in [-0.39, 0.29) is 30.7 Å². The standard InChI is InChI=1S/C20H24N4O.2ClH/c1-23(18-5-3-2-4-6-18)19-10-7-15(13-21-19)20(25)24-12-11-16-8-9-17(14-24)22-16;;/h2-7,10,13,16-17,22H,8-9,11-12,14H2,1H3;2*1H. The molecule has 2 aliphatic rings. The molecule has 2 saturated heterocycles. The highest BCUT2D eigenvalue weighted by atomic mass is 35.5. The van der Waals surface area contributed by atoms with Crippen LogP contribution in [-0.2, 0) is 0 Å². The van der Waals surface area contributed by atoms with E-state index in [4.69, 9.17) is 0 Å². The number of fused-ring (bicyclic) bond motifs is 2. The van der Waals surface area contributed by atoms with Crippen LogP contribution in [0.3, 0.4) is 0 Å². The average Bonchev–Trinajstić information content (AvgIpc) is 3.00. The Morgan fingerprint density at radius 3 is 2.52 bits per heavy atom. The third-order valence-corrected chi connectivity index (χ3v) is 5.29. The molecular formula is C20H26Cl2N4O. The molecule has 0 radical (unpaired) electrons. The number of pyridine rings is 1. The third-order valence-electron chi connectivity index (χ3n) is 5.29. The number of para-hydroxylation sites is 1. The van der Waals surface area contributed by atoms with Crippen molar-refractivity contribution in [2.45, 2.75) is 31.3 Å². The highest BCUT2D eigenvalue weighted by molar-refractivity contribution is 5.94. The smallest absolute Gasteiger partial charge is 0.255 e. The van der Waals surface area contributed by atoms with Gasteiger partial charge in [-0.05, 0) is 43.5 Å². The molecule has 7 heteroatoms. The molecule has 2 bridgehead atoms. The highest BCUT2D eigenvalue weighted by Crippen LogP contribution is 2.23. The van der Waals surface area contributed by atoms with Gasteiger partial charge in [-0.2, -0.15) is 0 Å². The molecule has 146 valence electrons. The van der Waals surface area contributed by atoms with E-state index in [2.05, 4.69) is 10.3 Å². The van der Waals surface area contributed by atoms with E-state index in [9.17, 15) is 4.79 Å². The number of nitrogens with one attached hydrogen (secondary N) is 1. The summed E-state index contributed by atoms with van der Waals surface area (Å²) >= 11 is 0. The number of benzene rings is 1. The summed E-state index contributed by atoms with van der Waals surface area (Å²) in [5.41, 5.74) is 1.74. The summed E-state index contributed by atoms with van der Waals surface area (Å²) in [4.78, 5) is 21.3. The predicted octanol–water partition coefficient (Wildman–Crippen LogP) is 3.66.